The molecule has 3 aromatic rings. The third kappa shape index (κ3) is 2.78. The standard InChI is InChI=1S/C18H17FN2/c1-12-10-15(19)8-7-14(12)11-17(20)16-6-2-4-13-5-3-9-21-18(13)16/h2-10,17H,11,20H2,1H3. The lowest BCUT2D eigenvalue weighted by molar-refractivity contribution is 0.624. The molecule has 3 rings (SSSR count). The Bertz CT molecular complexity index is 778. The van der Waals surface area contributed by atoms with Gasteiger partial charge in [0.2, 0.25) is 0 Å². The zero-order valence-electron chi connectivity index (χ0n) is 11.9. The van der Waals surface area contributed by atoms with Gasteiger partial charge in [-0.25, -0.2) is 4.39 Å². The molecule has 1 aromatic heterocycles. The van der Waals surface area contributed by atoms with Crippen molar-refractivity contribution in [3.05, 3.63) is 77.2 Å². The summed E-state index contributed by atoms with van der Waals surface area (Å²) in [6.07, 6.45) is 2.45. The largest absolute Gasteiger partial charge is 0.324 e. The van der Waals surface area contributed by atoms with E-state index in [4.69, 9.17) is 5.73 Å². The van der Waals surface area contributed by atoms with E-state index in [0.717, 1.165) is 27.6 Å². The van der Waals surface area contributed by atoms with Crippen LogP contribution in [0, 0.1) is 12.7 Å². The number of hydrogen-bond donors (Lipinski definition) is 1. The molecule has 21 heavy (non-hydrogen) atoms. The first-order valence-corrected chi connectivity index (χ1v) is 6.99. The molecular formula is C18H17FN2. The van der Waals surface area contributed by atoms with Gasteiger partial charge in [0.25, 0.3) is 0 Å². The Kier molecular flexibility index (Phi) is 3.67. The molecule has 0 saturated carbocycles. The molecule has 2 nitrogen and oxygen atoms in total. The van der Waals surface area contributed by atoms with Crippen molar-refractivity contribution in [2.45, 2.75) is 19.4 Å². The molecule has 0 bridgehead atoms. The van der Waals surface area contributed by atoms with Gasteiger partial charge in [-0.15, -0.1) is 0 Å². The van der Waals surface area contributed by atoms with Gasteiger partial charge in [0, 0.05) is 17.6 Å². The monoisotopic (exact) mass is 280 g/mol. The minimum atomic E-state index is -0.211. The molecular weight excluding hydrogens is 263 g/mol. The van der Waals surface area contributed by atoms with E-state index in [9.17, 15) is 4.39 Å². The quantitative estimate of drug-likeness (QED) is 0.789. The van der Waals surface area contributed by atoms with Gasteiger partial charge in [0.05, 0.1) is 5.52 Å². The summed E-state index contributed by atoms with van der Waals surface area (Å²) in [4.78, 5) is 4.44. The van der Waals surface area contributed by atoms with Crippen molar-refractivity contribution >= 4 is 10.9 Å². The number of aryl methyl sites for hydroxylation is 1. The number of aromatic nitrogens is 1. The van der Waals surface area contributed by atoms with Gasteiger partial charge in [-0.1, -0.05) is 30.3 Å². The highest BCUT2D eigenvalue weighted by Gasteiger charge is 2.12. The summed E-state index contributed by atoms with van der Waals surface area (Å²) in [5.41, 5.74) is 10.3. The van der Waals surface area contributed by atoms with Crippen molar-refractivity contribution < 1.29 is 4.39 Å². The van der Waals surface area contributed by atoms with Gasteiger partial charge in [-0.3, -0.25) is 4.98 Å². The van der Waals surface area contributed by atoms with Crippen LogP contribution in [0.2, 0.25) is 0 Å². The maximum absolute atomic E-state index is 13.2. The van der Waals surface area contributed by atoms with Crippen LogP contribution in [0.3, 0.4) is 0 Å². The van der Waals surface area contributed by atoms with Crippen molar-refractivity contribution in [1.82, 2.24) is 4.98 Å². The van der Waals surface area contributed by atoms with E-state index < -0.39 is 0 Å². The predicted molar refractivity (Wildman–Crippen MR) is 83.5 cm³/mol. The molecule has 1 unspecified atom stereocenters. The zero-order chi connectivity index (χ0) is 14.8. The Morgan fingerprint density at radius 3 is 2.76 bits per heavy atom. The molecule has 106 valence electrons. The van der Waals surface area contributed by atoms with Crippen molar-refractivity contribution in [2.75, 3.05) is 0 Å². The number of halogens is 1. The molecule has 0 amide bonds. The average molecular weight is 280 g/mol. The maximum Gasteiger partial charge on any atom is 0.123 e. The minimum Gasteiger partial charge on any atom is -0.324 e. The third-order valence-electron chi connectivity index (χ3n) is 3.81. The fraction of sp³-hybridized carbons (Fsp3) is 0.167. The lowest BCUT2D eigenvalue weighted by Crippen LogP contribution is -2.14. The number of fused-ring (bicyclic) bond motifs is 1. The van der Waals surface area contributed by atoms with Crippen LogP contribution in [0.4, 0.5) is 4.39 Å². The summed E-state index contributed by atoms with van der Waals surface area (Å²) >= 11 is 0. The van der Waals surface area contributed by atoms with Gasteiger partial charge >= 0.3 is 0 Å². The smallest absolute Gasteiger partial charge is 0.123 e. The van der Waals surface area contributed by atoms with Gasteiger partial charge in [0.1, 0.15) is 5.82 Å². The number of hydrogen-bond acceptors (Lipinski definition) is 2. The highest BCUT2D eigenvalue weighted by molar-refractivity contribution is 5.82. The first kappa shape index (κ1) is 13.7. The molecule has 1 heterocycles. The van der Waals surface area contributed by atoms with Crippen LogP contribution < -0.4 is 5.73 Å². The lowest BCUT2D eigenvalue weighted by Gasteiger charge is -2.15. The van der Waals surface area contributed by atoms with Crippen LogP contribution in [-0.2, 0) is 6.42 Å². The fourth-order valence-corrected chi connectivity index (χ4v) is 2.66. The number of rotatable bonds is 3. The molecule has 0 radical (unpaired) electrons. The van der Waals surface area contributed by atoms with Crippen LogP contribution in [0.5, 0.6) is 0 Å². The van der Waals surface area contributed by atoms with E-state index in [2.05, 4.69) is 4.98 Å². The number of nitrogens with zero attached hydrogens (tertiary/aromatic N) is 1. The topological polar surface area (TPSA) is 38.9 Å². The van der Waals surface area contributed by atoms with Crippen molar-refractivity contribution in [3.63, 3.8) is 0 Å². The number of benzene rings is 2. The Hall–Kier alpha value is -2.26. The first-order chi connectivity index (χ1) is 10.1. The van der Waals surface area contributed by atoms with Crippen LogP contribution >= 0.6 is 0 Å². The SMILES string of the molecule is Cc1cc(F)ccc1CC(N)c1cccc2cccnc12. The molecule has 1 atom stereocenters. The van der Waals surface area contributed by atoms with E-state index in [-0.39, 0.29) is 11.9 Å². The van der Waals surface area contributed by atoms with Crippen molar-refractivity contribution in [3.8, 4) is 0 Å². The van der Waals surface area contributed by atoms with Crippen LogP contribution in [0.15, 0.2) is 54.7 Å². The summed E-state index contributed by atoms with van der Waals surface area (Å²) in [5.74, 6) is -0.211. The highest BCUT2D eigenvalue weighted by atomic mass is 19.1. The van der Waals surface area contributed by atoms with Gasteiger partial charge in [-0.05, 0) is 48.2 Å². The van der Waals surface area contributed by atoms with E-state index in [1.54, 1.807) is 12.3 Å². The normalized spacial score (nSPS) is 12.5. The third-order valence-corrected chi connectivity index (χ3v) is 3.81. The van der Waals surface area contributed by atoms with Gasteiger partial charge in [0.15, 0.2) is 0 Å². The second kappa shape index (κ2) is 5.62. The molecule has 3 heteroatoms. The lowest BCUT2D eigenvalue weighted by atomic mass is 9.95. The molecule has 0 aliphatic rings. The van der Waals surface area contributed by atoms with E-state index in [1.165, 1.54) is 6.07 Å². The molecule has 0 saturated heterocycles. The second-order valence-electron chi connectivity index (χ2n) is 5.30. The van der Waals surface area contributed by atoms with Crippen molar-refractivity contribution in [2.24, 2.45) is 5.73 Å². The summed E-state index contributed by atoms with van der Waals surface area (Å²) in [5, 5.41) is 1.08. The number of pyridine rings is 1. The van der Waals surface area contributed by atoms with E-state index in [1.807, 2.05) is 43.3 Å². The van der Waals surface area contributed by atoms with Gasteiger partial charge in [-0.2, -0.15) is 0 Å². The zero-order valence-corrected chi connectivity index (χ0v) is 11.9. The number of para-hydroxylation sites is 1. The molecule has 2 aromatic carbocycles. The Morgan fingerprint density at radius 2 is 1.95 bits per heavy atom. The molecule has 0 aliphatic heterocycles. The average Bonchev–Trinajstić information content (AvgIpc) is 2.49. The van der Waals surface area contributed by atoms with Crippen LogP contribution in [0.25, 0.3) is 10.9 Å². The first-order valence-electron chi connectivity index (χ1n) is 6.99. The van der Waals surface area contributed by atoms with E-state index >= 15 is 0 Å². The van der Waals surface area contributed by atoms with Crippen LogP contribution in [-0.4, -0.2) is 4.98 Å². The predicted octanol–water partition coefficient (Wildman–Crippen LogP) is 3.92. The van der Waals surface area contributed by atoms with Crippen LogP contribution in [0.1, 0.15) is 22.7 Å². The molecule has 0 fully saturated rings. The van der Waals surface area contributed by atoms with E-state index in [0.29, 0.717) is 6.42 Å². The Morgan fingerprint density at radius 1 is 1.14 bits per heavy atom. The molecule has 0 aliphatic carbocycles. The Labute approximate surface area is 123 Å². The Balaban J connectivity index is 1.95. The second-order valence-corrected chi connectivity index (χ2v) is 5.30. The highest BCUT2D eigenvalue weighted by Crippen LogP contribution is 2.24. The summed E-state index contributed by atoms with van der Waals surface area (Å²) in [6, 6.07) is 14.7. The fourth-order valence-electron chi connectivity index (χ4n) is 2.66. The summed E-state index contributed by atoms with van der Waals surface area (Å²) < 4.78 is 13.2. The maximum atomic E-state index is 13.2. The van der Waals surface area contributed by atoms with Gasteiger partial charge < -0.3 is 5.73 Å². The minimum absolute atomic E-state index is 0.159. The summed E-state index contributed by atoms with van der Waals surface area (Å²) in [6.45, 7) is 1.91. The summed E-state index contributed by atoms with van der Waals surface area (Å²) in [7, 11) is 0. The molecule has 2 N–H and O–H groups in total. The van der Waals surface area contributed by atoms with Crippen molar-refractivity contribution in [1.29, 1.82) is 0 Å². The number of nitrogens with two attached hydrogens (primary N) is 1. The molecule has 0 spiro atoms.